The zero-order chi connectivity index (χ0) is 15.7. The van der Waals surface area contributed by atoms with Crippen molar-refractivity contribution in [1.29, 1.82) is 0 Å². The van der Waals surface area contributed by atoms with Crippen molar-refractivity contribution >= 4 is 44.0 Å². The number of benzene rings is 2. The molecule has 0 unspecified atom stereocenters. The molecule has 0 aromatic heterocycles. The molecule has 0 fully saturated rings. The topological polar surface area (TPSA) is 18.5 Å². The van der Waals surface area contributed by atoms with Gasteiger partial charge >= 0.3 is 0 Å². The van der Waals surface area contributed by atoms with E-state index in [4.69, 9.17) is 9.47 Å². The summed E-state index contributed by atoms with van der Waals surface area (Å²) in [5, 5.41) is 4.21. The Labute approximate surface area is 145 Å². The molecular formula is C18H14Br2O2. The van der Waals surface area contributed by atoms with Gasteiger partial charge in [0.05, 0.1) is 14.2 Å². The lowest BCUT2D eigenvalue weighted by molar-refractivity contribution is 0.404. The quantitative estimate of drug-likeness (QED) is 0.737. The van der Waals surface area contributed by atoms with Crippen LogP contribution in [0.25, 0.3) is 12.2 Å². The molecule has 0 aliphatic heterocycles. The maximum absolute atomic E-state index is 5.59. The molecule has 22 heavy (non-hydrogen) atoms. The SMILES string of the molecule is COc1cccc2/c1=c1/c(OC)ccc/c1=C/C(Br)=C(Br)\C=2. The largest absolute Gasteiger partial charge is 0.496 e. The Balaban J connectivity index is 2.77. The molecule has 0 amide bonds. The molecular weight excluding hydrogens is 408 g/mol. The van der Waals surface area contributed by atoms with Gasteiger partial charge in [0.2, 0.25) is 0 Å². The molecule has 0 saturated heterocycles. The molecule has 112 valence electrons. The fraction of sp³-hybridized carbons (Fsp3) is 0.111. The number of hydrogen-bond donors (Lipinski definition) is 0. The van der Waals surface area contributed by atoms with Crippen LogP contribution in [0.3, 0.4) is 0 Å². The molecule has 0 N–H and O–H groups in total. The molecule has 0 heterocycles. The van der Waals surface area contributed by atoms with E-state index in [1.807, 2.05) is 24.3 Å². The molecule has 0 saturated carbocycles. The van der Waals surface area contributed by atoms with E-state index in [1.165, 1.54) is 0 Å². The summed E-state index contributed by atoms with van der Waals surface area (Å²) in [6, 6.07) is 12.1. The third-order valence-electron chi connectivity index (χ3n) is 3.60. The minimum Gasteiger partial charge on any atom is -0.496 e. The molecule has 0 spiro atoms. The first-order chi connectivity index (χ1) is 10.7. The maximum Gasteiger partial charge on any atom is 0.127 e. The van der Waals surface area contributed by atoms with Crippen LogP contribution in [0, 0.1) is 10.4 Å². The number of fused-ring (bicyclic) bond motifs is 2. The average molecular weight is 422 g/mol. The zero-order valence-electron chi connectivity index (χ0n) is 12.2. The standard InChI is InChI=1S/C18H14Br2O2/c1-21-15-7-3-5-11-9-13(19)14(20)10-12-6-4-8-16(22-2)18(12)17(11)15/h3-10H,1-2H3/b11-9-,12-10-,13-9?,14-10?,14-13-,18-17-. The fourth-order valence-electron chi connectivity index (χ4n) is 2.62. The number of halogens is 2. The Morgan fingerprint density at radius 2 is 1.09 bits per heavy atom. The highest BCUT2D eigenvalue weighted by Gasteiger charge is 2.07. The van der Waals surface area contributed by atoms with E-state index in [-0.39, 0.29) is 0 Å². The number of allylic oxidation sites excluding steroid dienone is 2. The second kappa shape index (κ2) is 6.31. The number of methoxy groups -OCH3 is 2. The predicted octanol–water partition coefficient (Wildman–Crippen LogP) is 3.57. The fourth-order valence-corrected chi connectivity index (χ4v) is 3.35. The molecule has 2 aromatic rings. The Kier molecular flexibility index (Phi) is 4.41. The van der Waals surface area contributed by atoms with Crippen molar-refractivity contribution < 1.29 is 9.47 Å². The van der Waals surface area contributed by atoms with Crippen LogP contribution < -0.4 is 19.9 Å². The van der Waals surface area contributed by atoms with Crippen LogP contribution >= 0.6 is 31.9 Å². The summed E-state index contributed by atoms with van der Waals surface area (Å²) in [6.45, 7) is 0. The Morgan fingerprint density at radius 1 is 0.682 bits per heavy atom. The third kappa shape index (κ3) is 2.61. The van der Waals surface area contributed by atoms with Crippen LogP contribution in [0.4, 0.5) is 0 Å². The highest BCUT2D eigenvalue weighted by Crippen LogP contribution is 2.23. The van der Waals surface area contributed by atoms with Gasteiger partial charge in [0.1, 0.15) is 11.5 Å². The van der Waals surface area contributed by atoms with Crippen molar-refractivity contribution in [2.24, 2.45) is 0 Å². The molecule has 0 bridgehead atoms. The van der Waals surface area contributed by atoms with Gasteiger partial charge < -0.3 is 9.47 Å². The van der Waals surface area contributed by atoms with E-state index in [9.17, 15) is 0 Å². The molecule has 0 radical (unpaired) electrons. The lowest BCUT2D eigenvalue weighted by Gasteiger charge is -2.08. The Morgan fingerprint density at radius 3 is 1.45 bits per heavy atom. The van der Waals surface area contributed by atoms with Crippen molar-refractivity contribution in [1.82, 2.24) is 0 Å². The summed E-state index contributed by atoms with van der Waals surface area (Å²) in [5.41, 5.74) is 0. The highest BCUT2D eigenvalue weighted by atomic mass is 79.9. The second-order valence-corrected chi connectivity index (χ2v) is 6.54. The predicted molar refractivity (Wildman–Crippen MR) is 96.7 cm³/mol. The van der Waals surface area contributed by atoms with Crippen molar-refractivity contribution in [3.63, 3.8) is 0 Å². The van der Waals surface area contributed by atoms with Gasteiger partial charge in [-0.1, -0.05) is 24.3 Å². The lowest BCUT2D eigenvalue weighted by atomic mass is 10.1. The van der Waals surface area contributed by atoms with Crippen LogP contribution in [-0.4, -0.2) is 14.2 Å². The van der Waals surface area contributed by atoms with Crippen LogP contribution in [0.15, 0.2) is 45.4 Å². The molecule has 2 aromatic carbocycles. The normalized spacial score (nSPS) is 21.1. The van der Waals surface area contributed by atoms with Crippen molar-refractivity contribution in [3.8, 4) is 11.5 Å². The van der Waals surface area contributed by atoms with Crippen LogP contribution in [-0.2, 0) is 0 Å². The van der Waals surface area contributed by atoms with Crippen LogP contribution in [0.5, 0.6) is 11.5 Å². The van der Waals surface area contributed by atoms with E-state index in [2.05, 4.69) is 56.1 Å². The molecule has 1 aliphatic carbocycles. The van der Waals surface area contributed by atoms with Gasteiger partial charge in [0, 0.05) is 19.4 Å². The minimum absolute atomic E-state index is 0.825. The van der Waals surface area contributed by atoms with Gasteiger partial charge in [-0.3, -0.25) is 0 Å². The van der Waals surface area contributed by atoms with Crippen molar-refractivity contribution in [2.45, 2.75) is 0 Å². The monoisotopic (exact) mass is 420 g/mol. The summed E-state index contributed by atoms with van der Waals surface area (Å²) in [7, 11) is 3.38. The van der Waals surface area contributed by atoms with E-state index < -0.39 is 0 Å². The minimum atomic E-state index is 0.825. The van der Waals surface area contributed by atoms with Gasteiger partial charge in [0.25, 0.3) is 0 Å². The maximum atomic E-state index is 5.59. The summed E-state index contributed by atoms with van der Waals surface area (Å²) in [5.74, 6) is 1.65. The summed E-state index contributed by atoms with van der Waals surface area (Å²) < 4.78 is 13.2. The lowest BCUT2D eigenvalue weighted by Crippen LogP contribution is -2.14. The Bertz CT molecular complexity index is 896. The molecule has 0 atom stereocenters. The van der Waals surface area contributed by atoms with Crippen molar-refractivity contribution in [3.05, 3.63) is 66.2 Å². The van der Waals surface area contributed by atoms with Crippen molar-refractivity contribution in [2.75, 3.05) is 14.2 Å². The van der Waals surface area contributed by atoms with Gasteiger partial charge in [-0.25, -0.2) is 0 Å². The average Bonchev–Trinajstić information content (AvgIpc) is 2.53. The summed E-state index contributed by atoms with van der Waals surface area (Å²) in [6.07, 6.45) is 4.15. The first-order valence-corrected chi connectivity index (χ1v) is 8.33. The first-order valence-electron chi connectivity index (χ1n) is 6.75. The van der Waals surface area contributed by atoms with Crippen LogP contribution in [0.2, 0.25) is 0 Å². The van der Waals surface area contributed by atoms with E-state index in [1.54, 1.807) is 14.2 Å². The molecule has 2 nitrogen and oxygen atoms in total. The zero-order valence-corrected chi connectivity index (χ0v) is 15.4. The highest BCUT2D eigenvalue weighted by molar-refractivity contribution is 9.14. The van der Waals surface area contributed by atoms with E-state index in [0.29, 0.717) is 0 Å². The van der Waals surface area contributed by atoms with Gasteiger partial charge in [-0.05, 0) is 66.6 Å². The van der Waals surface area contributed by atoms with Gasteiger partial charge in [-0.2, -0.15) is 0 Å². The molecule has 3 rings (SSSR count). The van der Waals surface area contributed by atoms with E-state index in [0.717, 1.165) is 41.3 Å². The first kappa shape index (κ1) is 15.4. The summed E-state index contributed by atoms with van der Waals surface area (Å²) >= 11 is 7.23. The number of hydrogen-bond acceptors (Lipinski definition) is 2. The van der Waals surface area contributed by atoms with Crippen LogP contribution in [0.1, 0.15) is 0 Å². The summed E-state index contributed by atoms with van der Waals surface area (Å²) in [4.78, 5) is 0. The Hall–Kier alpha value is -1.52. The second-order valence-electron chi connectivity index (χ2n) is 4.83. The number of rotatable bonds is 2. The van der Waals surface area contributed by atoms with E-state index >= 15 is 0 Å². The van der Waals surface area contributed by atoms with Gasteiger partial charge in [0.15, 0.2) is 0 Å². The number of ether oxygens (including phenoxy) is 2. The van der Waals surface area contributed by atoms with Gasteiger partial charge in [-0.15, -0.1) is 0 Å². The molecule has 4 heteroatoms. The smallest absolute Gasteiger partial charge is 0.127 e. The molecule has 1 aliphatic rings. The third-order valence-corrected chi connectivity index (χ3v) is 5.44.